The van der Waals surface area contributed by atoms with E-state index in [9.17, 15) is 19.8 Å². The van der Waals surface area contributed by atoms with Gasteiger partial charge in [-0.05, 0) is 12.5 Å². The number of carbonyl (C=O) groups excluding carboxylic acids is 2. The molecule has 0 bridgehead atoms. The third-order valence-electron chi connectivity index (χ3n) is 5.63. The molecule has 0 aromatic carbocycles. The van der Waals surface area contributed by atoms with Crippen LogP contribution in [0, 0.1) is 0 Å². The summed E-state index contributed by atoms with van der Waals surface area (Å²) in [5.41, 5.74) is 5.53. The Morgan fingerprint density at radius 1 is 1.06 bits per heavy atom. The van der Waals surface area contributed by atoms with Gasteiger partial charge >= 0.3 is 5.97 Å². The van der Waals surface area contributed by atoms with E-state index in [-0.39, 0.29) is 18.1 Å². The predicted octanol–water partition coefficient (Wildman–Crippen LogP) is 2.16. The van der Waals surface area contributed by atoms with Crippen LogP contribution in [0.2, 0.25) is 0 Å². The van der Waals surface area contributed by atoms with E-state index in [4.69, 9.17) is 15.2 Å². The molecule has 31 heavy (non-hydrogen) atoms. The highest BCUT2D eigenvalue weighted by molar-refractivity contribution is 5.92. The lowest BCUT2D eigenvalue weighted by molar-refractivity contribution is -0.765. The number of amides is 1. The van der Waals surface area contributed by atoms with Gasteiger partial charge in [0.1, 0.15) is 24.4 Å². The zero-order chi connectivity index (χ0) is 22.6. The van der Waals surface area contributed by atoms with E-state index in [0.717, 1.165) is 19.3 Å². The first-order valence-corrected chi connectivity index (χ1v) is 11.4. The van der Waals surface area contributed by atoms with Crippen LogP contribution in [-0.2, 0) is 14.3 Å². The molecule has 1 amide bonds. The molecular formula is C23H37N2O6+. The highest BCUT2D eigenvalue weighted by Crippen LogP contribution is 2.26. The zero-order valence-electron chi connectivity index (χ0n) is 18.4. The van der Waals surface area contributed by atoms with Crippen LogP contribution < -0.4 is 10.3 Å². The Bertz CT molecular complexity index is 698. The van der Waals surface area contributed by atoms with Gasteiger partial charge in [0.05, 0.1) is 0 Å². The summed E-state index contributed by atoms with van der Waals surface area (Å²) in [7, 11) is 0. The number of carbonyl (C=O) groups is 2. The Balaban J connectivity index is 1.67. The number of pyridine rings is 1. The van der Waals surface area contributed by atoms with Crippen molar-refractivity contribution in [2.24, 2.45) is 5.73 Å². The number of nitrogens with zero attached hydrogens (tertiary/aromatic N) is 1. The van der Waals surface area contributed by atoms with Crippen molar-refractivity contribution in [1.29, 1.82) is 0 Å². The van der Waals surface area contributed by atoms with Crippen molar-refractivity contribution in [1.82, 2.24) is 0 Å². The van der Waals surface area contributed by atoms with Crippen LogP contribution in [0.5, 0.6) is 0 Å². The number of esters is 1. The normalized spacial score (nSPS) is 23.1. The third-order valence-corrected chi connectivity index (χ3v) is 5.63. The largest absolute Gasteiger partial charge is 0.463 e. The monoisotopic (exact) mass is 437 g/mol. The van der Waals surface area contributed by atoms with E-state index in [0.29, 0.717) is 6.42 Å². The molecule has 0 aliphatic carbocycles. The van der Waals surface area contributed by atoms with Gasteiger partial charge in [0, 0.05) is 12.5 Å². The molecule has 8 heteroatoms. The van der Waals surface area contributed by atoms with Gasteiger partial charge in [-0.3, -0.25) is 9.59 Å². The van der Waals surface area contributed by atoms with E-state index in [1.807, 2.05) is 0 Å². The number of primary amides is 1. The van der Waals surface area contributed by atoms with Crippen molar-refractivity contribution in [2.45, 2.75) is 95.7 Å². The molecule has 0 saturated carbocycles. The van der Waals surface area contributed by atoms with Crippen LogP contribution >= 0.6 is 0 Å². The van der Waals surface area contributed by atoms with Crippen LogP contribution in [0.25, 0.3) is 0 Å². The van der Waals surface area contributed by atoms with E-state index in [1.165, 1.54) is 49.3 Å². The first-order chi connectivity index (χ1) is 14.9. The van der Waals surface area contributed by atoms with E-state index < -0.39 is 30.4 Å². The smallest absolute Gasteiger partial charge is 0.305 e. The number of aliphatic hydroxyl groups excluding tert-OH is 2. The molecular weight excluding hydrogens is 400 g/mol. The van der Waals surface area contributed by atoms with Gasteiger partial charge in [-0.15, -0.1) is 0 Å². The quantitative estimate of drug-likeness (QED) is 0.233. The molecule has 0 radical (unpaired) electrons. The minimum Gasteiger partial charge on any atom is -0.463 e. The topological polar surface area (TPSA) is 123 Å². The number of hydrogen-bond acceptors (Lipinski definition) is 6. The second-order valence-corrected chi connectivity index (χ2v) is 8.21. The van der Waals surface area contributed by atoms with Crippen LogP contribution in [0.1, 0.15) is 87.7 Å². The van der Waals surface area contributed by atoms with Gasteiger partial charge in [0.15, 0.2) is 18.5 Å². The standard InChI is InChI=1S/C23H36N2O6/c1-2-3-4-5-6-7-8-9-10-13-19(26)30-16-18-20(27)21(28)23(31-18)25-14-11-12-17(15-25)22(24)29/h11-12,14-15,18,20-21,23,27-28H,2-10,13,16H2,1H3,(H-,24,29)/p+1/t18?,20-,21-,23-/m1/s1. The molecule has 2 heterocycles. The molecule has 1 aromatic rings. The van der Waals surface area contributed by atoms with E-state index in [2.05, 4.69) is 6.92 Å². The number of rotatable bonds is 14. The maximum Gasteiger partial charge on any atom is 0.305 e. The van der Waals surface area contributed by atoms with E-state index >= 15 is 0 Å². The summed E-state index contributed by atoms with van der Waals surface area (Å²) in [6, 6.07) is 3.14. The van der Waals surface area contributed by atoms with Gasteiger partial charge in [-0.1, -0.05) is 58.3 Å². The predicted molar refractivity (Wildman–Crippen MR) is 114 cm³/mol. The minimum atomic E-state index is -1.23. The molecule has 1 fully saturated rings. The first kappa shape index (κ1) is 25.2. The zero-order valence-corrected chi connectivity index (χ0v) is 18.4. The number of ether oxygens (including phenoxy) is 2. The molecule has 2 rings (SSSR count). The minimum absolute atomic E-state index is 0.138. The SMILES string of the molecule is CCCCCCCCCCCC(=O)OCC1O[C@@H]([n+]2cccc(C(N)=O)c2)[C@H](O)[C@@H]1O. The summed E-state index contributed by atoms with van der Waals surface area (Å²) >= 11 is 0. The van der Waals surface area contributed by atoms with Crippen molar-refractivity contribution in [3.05, 3.63) is 30.1 Å². The second kappa shape index (κ2) is 13.4. The number of hydrogen-bond donors (Lipinski definition) is 3. The molecule has 8 nitrogen and oxygen atoms in total. The fourth-order valence-corrected chi connectivity index (χ4v) is 3.74. The van der Waals surface area contributed by atoms with Gasteiger partial charge < -0.3 is 25.4 Å². The van der Waals surface area contributed by atoms with Gasteiger partial charge in [-0.2, -0.15) is 4.57 Å². The number of aromatic nitrogens is 1. The van der Waals surface area contributed by atoms with Crippen molar-refractivity contribution in [3.8, 4) is 0 Å². The Kier molecular flexibility index (Phi) is 10.9. The van der Waals surface area contributed by atoms with Crippen molar-refractivity contribution >= 4 is 11.9 Å². The van der Waals surface area contributed by atoms with Gasteiger partial charge in [-0.25, -0.2) is 0 Å². The van der Waals surface area contributed by atoms with Crippen LogP contribution in [-0.4, -0.2) is 47.0 Å². The first-order valence-electron chi connectivity index (χ1n) is 11.4. The summed E-state index contributed by atoms with van der Waals surface area (Å²) in [5.74, 6) is -0.940. The summed E-state index contributed by atoms with van der Waals surface area (Å²) in [6.07, 6.45) is 9.71. The maximum atomic E-state index is 12.0. The van der Waals surface area contributed by atoms with Crippen molar-refractivity contribution in [3.63, 3.8) is 0 Å². The number of nitrogens with two attached hydrogens (primary N) is 1. The molecule has 1 saturated heterocycles. The fourth-order valence-electron chi connectivity index (χ4n) is 3.74. The molecule has 1 aliphatic heterocycles. The van der Waals surface area contributed by atoms with Crippen LogP contribution in [0.15, 0.2) is 24.5 Å². The van der Waals surface area contributed by atoms with Gasteiger partial charge in [0.25, 0.3) is 12.1 Å². The Morgan fingerprint density at radius 3 is 2.35 bits per heavy atom. The molecule has 4 atom stereocenters. The third kappa shape index (κ3) is 8.20. The summed E-state index contributed by atoms with van der Waals surface area (Å²) in [4.78, 5) is 23.3. The molecule has 1 aromatic heterocycles. The molecule has 4 N–H and O–H groups in total. The highest BCUT2D eigenvalue weighted by Gasteiger charge is 2.48. The Labute approximate surface area is 184 Å². The van der Waals surface area contributed by atoms with E-state index in [1.54, 1.807) is 18.3 Å². The lowest BCUT2D eigenvalue weighted by atomic mass is 10.1. The summed E-state index contributed by atoms with van der Waals surface area (Å²) in [5, 5.41) is 20.6. The maximum absolute atomic E-state index is 12.0. The van der Waals surface area contributed by atoms with Gasteiger partial charge in [0.2, 0.25) is 0 Å². The highest BCUT2D eigenvalue weighted by atomic mass is 16.6. The number of aliphatic hydroxyl groups is 2. The molecule has 1 unspecified atom stereocenters. The number of unbranched alkanes of at least 4 members (excludes halogenated alkanes) is 8. The lowest BCUT2D eigenvalue weighted by Crippen LogP contribution is -2.46. The van der Waals surface area contributed by atoms with Crippen molar-refractivity contribution in [2.75, 3.05) is 6.61 Å². The molecule has 174 valence electrons. The average molecular weight is 438 g/mol. The second-order valence-electron chi connectivity index (χ2n) is 8.21. The van der Waals surface area contributed by atoms with Crippen LogP contribution in [0.3, 0.4) is 0 Å². The summed E-state index contributed by atoms with van der Waals surface area (Å²) in [6.45, 7) is 2.07. The Hall–Kier alpha value is -2.03. The average Bonchev–Trinajstić information content (AvgIpc) is 3.05. The van der Waals surface area contributed by atoms with Crippen molar-refractivity contribution < 1.29 is 33.8 Å². The molecule has 0 spiro atoms. The van der Waals surface area contributed by atoms with Crippen LogP contribution in [0.4, 0.5) is 0 Å². The lowest BCUT2D eigenvalue weighted by Gasteiger charge is -2.13. The molecule has 1 aliphatic rings. The summed E-state index contributed by atoms with van der Waals surface area (Å²) < 4.78 is 12.4. The fraction of sp³-hybridized carbons (Fsp3) is 0.696. The Morgan fingerprint density at radius 2 is 1.71 bits per heavy atom.